The van der Waals surface area contributed by atoms with Crippen LogP contribution in [0.25, 0.3) is 0 Å². The van der Waals surface area contributed by atoms with Crippen molar-refractivity contribution in [2.75, 3.05) is 39.4 Å². The van der Waals surface area contributed by atoms with E-state index < -0.39 is 12.3 Å². The average Bonchev–Trinajstić information content (AvgIpc) is 3.50. The first-order valence-electron chi connectivity index (χ1n) is 13.5. The molecule has 9 heteroatoms. The molecule has 5 rings (SSSR count). The Bertz CT molecular complexity index is 700. The van der Waals surface area contributed by atoms with Crippen molar-refractivity contribution in [1.82, 2.24) is 20.4 Å². The van der Waals surface area contributed by atoms with Crippen LogP contribution in [-0.4, -0.2) is 109 Å². The van der Waals surface area contributed by atoms with Gasteiger partial charge < -0.3 is 20.5 Å². The van der Waals surface area contributed by atoms with E-state index in [1.165, 1.54) is 0 Å². The van der Waals surface area contributed by atoms with Gasteiger partial charge in [0.1, 0.15) is 12.3 Å². The number of halogens is 2. The summed E-state index contributed by atoms with van der Waals surface area (Å²) in [4.78, 5) is 17.9. The molecule has 194 valence electrons. The van der Waals surface area contributed by atoms with Gasteiger partial charge in [-0.25, -0.2) is 8.78 Å². The third-order valence-corrected chi connectivity index (χ3v) is 9.23. The molecule has 0 aromatic rings. The number of fused-ring (bicyclic) bond motifs is 1. The van der Waals surface area contributed by atoms with Crippen molar-refractivity contribution < 1.29 is 23.4 Å². The number of aliphatic hydroxyl groups is 1. The van der Waals surface area contributed by atoms with Crippen LogP contribution in [0, 0.1) is 11.8 Å². The number of rotatable bonds is 5. The van der Waals surface area contributed by atoms with Gasteiger partial charge in [-0.15, -0.1) is 0 Å². The Morgan fingerprint density at radius 2 is 1.88 bits per heavy atom. The molecule has 5 fully saturated rings. The number of alkyl halides is 2. The summed E-state index contributed by atoms with van der Waals surface area (Å²) in [6.07, 6.45) is 2.83. The fourth-order valence-electron chi connectivity index (χ4n) is 7.32. The quantitative estimate of drug-likeness (QED) is 0.545. The van der Waals surface area contributed by atoms with Gasteiger partial charge >= 0.3 is 0 Å². The lowest BCUT2D eigenvalue weighted by Gasteiger charge is -2.39. The van der Waals surface area contributed by atoms with E-state index in [-0.39, 0.29) is 48.7 Å². The highest BCUT2D eigenvalue weighted by Gasteiger charge is 2.47. The van der Waals surface area contributed by atoms with Crippen LogP contribution in [-0.2, 0) is 9.53 Å². The number of amides is 1. The van der Waals surface area contributed by atoms with E-state index >= 15 is 0 Å². The van der Waals surface area contributed by atoms with Crippen LogP contribution in [0.2, 0.25) is 0 Å². The molecular formula is C25H42F2N4O3. The Morgan fingerprint density at radius 3 is 2.68 bits per heavy atom. The predicted octanol–water partition coefficient (Wildman–Crippen LogP) is 1.24. The minimum Gasteiger partial charge on any atom is -0.394 e. The minimum atomic E-state index is -0.917. The molecule has 10 atom stereocenters. The Hall–Kier alpha value is -0.870. The Labute approximate surface area is 201 Å². The fourth-order valence-corrected chi connectivity index (χ4v) is 7.32. The van der Waals surface area contributed by atoms with Crippen LogP contribution in [0.15, 0.2) is 0 Å². The number of nitrogens with zero attached hydrogens (tertiary/aromatic N) is 2. The van der Waals surface area contributed by atoms with Crippen LogP contribution in [0.5, 0.6) is 0 Å². The molecule has 0 aromatic heterocycles. The maximum atomic E-state index is 14.8. The predicted molar refractivity (Wildman–Crippen MR) is 125 cm³/mol. The number of morpholine rings is 1. The van der Waals surface area contributed by atoms with Gasteiger partial charge in [-0.3, -0.25) is 14.6 Å². The second-order valence-electron chi connectivity index (χ2n) is 11.5. The largest absolute Gasteiger partial charge is 0.394 e. The zero-order valence-corrected chi connectivity index (χ0v) is 20.4. The maximum Gasteiger partial charge on any atom is 0.237 e. The summed E-state index contributed by atoms with van der Waals surface area (Å²) in [5, 5.41) is 16.0. The zero-order valence-electron chi connectivity index (χ0n) is 20.4. The lowest BCUT2D eigenvalue weighted by molar-refractivity contribution is -0.124. The SMILES string of the molecule is CC1CCC(F)C2CC(C(=O)NC3CC(F)CC(N4CC[C@@H](N5CCO[C@@H](CO)C5)C4)C3)NC12. The molecule has 3 heterocycles. The number of carbonyl (C=O) groups is 1. The van der Waals surface area contributed by atoms with Crippen LogP contribution in [0.1, 0.15) is 51.9 Å². The summed E-state index contributed by atoms with van der Waals surface area (Å²) in [5.74, 6) is 0.209. The highest BCUT2D eigenvalue weighted by molar-refractivity contribution is 5.82. The summed E-state index contributed by atoms with van der Waals surface area (Å²) < 4.78 is 34.8. The standard InChI is InChI=1S/C25H42F2N4O3/c1-15-2-3-22(27)21-11-23(29-24(15)21)25(33)28-17-8-16(26)9-19(10-17)30-5-4-18(12-30)31-6-7-34-20(13-31)14-32/h15-24,29,32H,2-14H2,1H3,(H,28,33)/t15?,16?,17?,18-,19?,20-,21?,22?,23?,24?/m1/s1. The van der Waals surface area contributed by atoms with Crippen LogP contribution < -0.4 is 10.6 Å². The Morgan fingerprint density at radius 1 is 1.06 bits per heavy atom. The summed E-state index contributed by atoms with van der Waals surface area (Å²) >= 11 is 0. The van der Waals surface area contributed by atoms with Crippen molar-refractivity contribution in [2.24, 2.45) is 11.8 Å². The number of nitrogens with one attached hydrogen (secondary N) is 2. The van der Waals surface area contributed by atoms with Gasteiger partial charge in [-0.1, -0.05) is 6.92 Å². The fraction of sp³-hybridized carbons (Fsp3) is 0.960. The molecule has 3 saturated heterocycles. The second-order valence-corrected chi connectivity index (χ2v) is 11.5. The number of aliphatic hydroxyl groups excluding tert-OH is 1. The average molecular weight is 485 g/mol. The lowest BCUT2D eigenvalue weighted by atomic mass is 9.77. The molecule has 34 heavy (non-hydrogen) atoms. The summed E-state index contributed by atoms with van der Waals surface area (Å²) in [5.41, 5.74) is 0. The Kier molecular flexibility index (Phi) is 7.75. The van der Waals surface area contributed by atoms with E-state index in [1.54, 1.807) is 0 Å². The molecule has 3 N–H and O–H groups in total. The molecule has 0 radical (unpaired) electrons. The molecule has 1 amide bonds. The van der Waals surface area contributed by atoms with E-state index in [0.717, 1.165) is 45.4 Å². The van der Waals surface area contributed by atoms with Crippen molar-refractivity contribution in [2.45, 2.75) is 101 Å². The van der Waals surface area contributed by atoms with Gasteiger partial charge in [0.15, 0.2) is 0 Å². The van der Waals surface area contributed by atoms with Crippen molar-refractivity contribution >= 4 is 5.91 Å². The Balaban J connectivity index is 1.14. The molecular weight excluding hydrogens is 442 g/mol. The zero-order chi connectivity index (χ0) is 23.8. The first-order valence-corrected chi connectivity index (χ1v) is 13.5. The molecule has 7 nitrogen and oxygen atoms in total. The first-order chi connectivity index (χ1) is 16.4. The summed E-state index contributed by atoms with van der Waals surface area (Å²) in [7, 11) is 0. The molecule has 2 saturated carbocycles. The lowest BCUT2D eigenvalue weighted by Crippen LogP contribution is -2.53. The van der Waals surface area contributed by atoms with Gasteiger partial charge in [0, 0.05) is 56.3 Å². The monoisotopic (exact) mass is 484 g/mol. The maximum absolute atomic E-state index is 14.8. The molecule has 0 aromatic carbocycles. The van der Waals surface area contributed by atoms with Crippen LogP contribution >= 0.6 is 0 Å². The number of hydrogen-bond acceptors (Lipinski definition) is 6. The topological polar surface area (TPSA) is 77.1 Å². The molecule has 0 bridgehead atoms. The summed E-state index contributed by atoms with van der Waals surface area (Å²) in [6.45, 7) is 6.29. The van der Waals surface area contributed by atoms with Gasteiger partial charge in [-0.2, -0.15) is 0 Å². The third kappa shape index (κ3) is 5.28. The third-order valence-electron chi connectivity index (χ3n) is 9.23. The number of hydrogen-bond donors (Lipinski definition) is 3. The number of carbonyl (C=O) groups excluding carboxylic acids is 1. The molecule has 8 unspecified atom stereocenters. The van der Waals surface area contributed by atoms with E-state index in [1.807, 2.05) is 0 Å². The second kappa shape index (κ2) is 10.6. The van der Waals surface area contributed by atoms with E-state index in [0.29, 0.717) is 44.2 Å². The van der Waals surface area contributed by atoms with E-state index in [9.17, 15) is 18.7 Å². The van der Waals surface area contributed by atoms with Gasteiger partial charge in [0.05, 0.1) is 25.4 Å². The normalized spacial score (nSPS) is 46.4. The molecule has 3 aliphatic heterocycles. The molecule has 0 spiro atoms. The molecule has 5 aliphatic rings. The van der Waals surface area contributed by atoms with E-state index in [2.05, 4.69) is 27.4 Å². The van der Waals surface area contributed by atoms with Crippen molar-refractivity contribution in [1.29, 1.82) is 0 Å². The highest BCUT2D eigenvalue weighted by Crippen LogP contribution is 2.39. The number of likely N-dealkylation sites (tertiary alicyclic amines) is 1. The highest BCUT2D eigenvalue weighted by atomic mass is 19.1. The van der Waals surface area contributed by atoms with Crippen molar-refractivity contribution in [3.05, 3.63) is 0 Å². The van der Waals surface area contributed by atoms with E-state index in [4.69, 9.17) is 4.74 Å². The van der Waals surface area contributed by atoms with Crippen molar-refractivity contribution in [3.8, 4) is 0 Å². The van der Waals surface area contributed by atoms with Gasteiger partial charge in [-0.05, 0) is 50.9 Å². The summed E-state index contributed by atoms with van der Waals surface area (Å²) in [6, 6.07) is 0.0603. The van der Waals surface area contributed by atoms with Crippen LogP contribution in [0.3, 0.4) is 0 Å². The smallest absolute Gasteiger partial charge is 0.237 e. The first kappa shape index (κ1) is 24.8. The van der Waals surface area contributed by atoms with Crippen molar-refractivity contribution in [3.63, 3.8) is 0 Å². The van der Waals surface area contributed by atoms with Gasteiger partial charge in [0.2, 0.25) is 5.91 Å². The van der Waals surface area contributed by atoms with Crippen LogP contribution in [0.4, 0.5) is 8.78 Å². The number of ether oxygens (including phenoxy) is 1. The minimum absolute atomic E-state index is 0.0444. The molecule has 2 aliphatic carbocycles. The van der Waals surface area contributed by atoms with Gasteiger partial charge in [0.25, 0.3) is 0 Å².